The number of hydrogen-bond donors (Lipinski definition) is 2. The predicted molar refractivity (Wildman–Crippen MR) is 141 cm³/mol. The molecule has 2 amide bonds. The molecule has 3 aromatic carbocycles. The van der Waals surface area contributed by atoms with Crippen molar-refractivity contribution in [3.05, 3.63) is 86.1 Å². The quantitative estimate of drug-likeness (QED) is 0.162. The summed E-state index contributed by atoms with van der Waals surface area (Å²) in [5.74, 6) is -1.01. The zero-order valence-electron chi connectivity index (χ0n) is 19.0. The number of ether oxygens (including phenoxy) is 2. The molecule has 0 heterocycles. The molecule has 11 heteroatoms. The number of halogens is 4. The maximum Gasteiger partial charge on any atom is 0.249 e. The van der Waals surface area contributed by atoms with Gasteiger partial charge in [-0.25, -0.2) is 9.82 Å². The van der Waals surface area contributed by atoms with E-state index in [0.717, 1.165) is 5.56 Å². The van der Waals surface area contributed by atoms with Crippen LogP contribution in [0.15, 0.2) is 64.2 Å². The van der Waals surface area contributed by atoms with Gasteiger partial charge in [-0.1, -0.05) is 41.4 Å². The molecule has 36 heavy (non-hydrogen) atoms. The zero-order valence-corrected chi connectivity index (χ0v) is 22.1. The van der Waals surface area contributed by atoms with Crippen LogP contribution in [0.3, 0.4) is 0 Å². The number of hydrazone groups is 1. The van der Waals surface area contributed by atoms with Gasteiger partial charge in [0.1, 0.15) is 18.8 Å². The molecule has 0 radical (unpaired) electrons. The van der Waals surface area contributed by atoms with Gasteiger partial charge in [0.2, 0.25) is 11.8 Å². The van der Waals surface area contributed by atoms with Crippen LogP contribution in [0.25, 0.3) is 0 Å². The molecular weight excluding hydrogens is 576 g/mol. The number of benzene rings is 3. The largest absolute Gasteiger partial charge is 0.490 e. The third kappa shape index (κ3) is 7.94. The molecule has 0 aliphatic carbocycles. The summed E-state index contributed by atoms with van der Waals surface area (Å²) in [6.07, 6.45) is 0.861. The molecule has 0 saturated carbocycles. The molecule has 2 N–H and O–H groups in total. The van der Waals surface area contributed by atoms with Crippen LogP contribution in [0, 0.1) is 5.82 Å². The molecule has 0 aliphatic heterocycles. The first-order chi connectivity index (χ1) is 17.3. The number of anilines is 1. The van der Waals surface area contributed by atoms with Crippen molar-refractivity contribution in [1.82, 2.24) is 5.43 Å². The Kier molecular flexibility index (Phi) is 10.1. The van der Waals surface area contributed by atoms with Crippen LogP contribution in [0.5, 0.6) is 11.5 Å². The average Bonchev–Trinajstić information content (AvgIpc) is 2.81. The van der Waals surface area contributed by atoms with Crippen LogP contribution < -0.4 is 20.2 Å². The first-order valence-electron chi connectivity index (χ1n) is 10.7. The first-order valence-corrected chi connectivity index (χ1v) is 12.2. The van der Waals surface area contributed by atoms with E-state index in [1.54, 1.807) is 36.4 Å². The number of para-hydroxylation sites is 1. The van der Waals surface area contributed by atoms with Gasteiger partial charge in [-0.05, 0) is 64.8 Å². The molecule has 0 bridgehead atoms. The second-order valence-electron chi connectivity index (χ2n) is 7.29. The molecular formula is C25H21BrCl2FN3O4. The van der Waals surface area contributed by atoms with Crippen LogP contribution in [0.1, 0.15) is 24.5 Å². The Morgan fingerprint density at radius 3 is 2.58 bits per heavy atom. The Labute approximate surface area is 225 Å². The summed E-state index contributed by atoms with van der Waals surface area (Å²) >= 11 is 15.6. The van der Waals surface area contributed by atoms with E-state index in [-0.39, 0.29) is 12.3 Å². The van der Waals surface area contributed by atoms with Crippen LogP contribution in [0.4, 0.5) is 10.1 Å². The van der Waals surface area contributed by atoms with E-state index in [4.69, 9.17) is 32.7 Å². The van der Waals surface area contributed by atoms with Gasteiger partial charge in [-0.3, -0.25) is 9.59 Å². The van der Waals surface area contributed by atoms with E-state index < -0.39 is 24.1 Å². The van der Waals surface area contributed by atoms with Crippen LogP contribution in [-0.4, -0.2) is 24.6 Å². The van der Waals surface area contributed by atoms with Crippen molar-refractivity contribution in [2.45, 2.75) is 20.0 Å². The number of carbonyl (C=O) groups is 2. The van der Waals surface area contributed by atoms with E-state index in [2.05, 4.69) is 31.8 Å². The maximum absolute atomic E-state index is 13.6. The number of amides is 2. The highest BCUT2D eigenvalue weighted by atomic mass is 79.9. The molecule has 3 aromatic rings. The highest BCUT2D eigenvalue weighted by Gasteiger charge is 2.14. The smallest absolute Gasteiger partial charge is 0.249 e. The van der Waals surface area contributed by atoms with Crippen LogP contribution in [0.2, 0.25) is 10.0 Å². The number of rotatable bonds is 10. The third-order valence-corrected chi connectivity index (χ3v) is 5.77. The van der Waals surface area contributed by atoms with Crippen LogP contribution >= 0.6 is 39.1 Å². The lowest BCUT2D eigenvalue weighted by atomic mass is 10.2. The fraction of sp³-hybridized carbons (Fsp3) is 0.160. The van der Waals surface area contributed by atoms with Crippen molar-refractivity contribution in [3.8, 4) is 11.5 Å². The van der Waals surface area contributed by atoms with Gasteiger partial charge in [0.15, 0.2) is 11.5 Å². The maximum atomic E-state index is 13.6. The minimum absolute atomic E-state index is 0.00672. The van der Waals surface area contributed by atoms with Gasteiger partial charge in [0, 0.05) is 15.6 Å². The van der Waals surface area contributed by atoms with Crippen molar-refractivity contribution in [2.75, 3.05) is 11.9 Å². The van der Waals surface area contributed by atoms with Gasteiger partial charge >= 0.3 is 0 Å². The number of carbonyl (C=O) groups excluding carboxylic acids is 2. The normalized spacial score (nSPS) is 10.8. The molecule has 0 atom stereocenters. The summed E-state index contributed by atoms with van der Waals surface area (Å²) in [6, 6.07) is 14.2. The minimum Gasteiger partial charge on any atom is -0.490 e. The summed E-state index contributed by atoms with van der Waals surface area (Å²) in [5.41, 5.74) is 3.61. The van der Waals surface area contributed by atoms with Gasteiger partial charge < -0.3 is 14.8 Å². The summed E-state index contributed by atoms with van der Waals surface area (Å²) in [5, 5.41) is 7.23. The van der Waals surface area contributed by atoms with E-state index >= 15 is 0 Å². The molecule has 3 rings (SSSR count). The molecule has 0 aliphatic rings. The summed E-state index contributed by atoms with van der Waals surface area (Å²) in [7, 11) is 0. The van der Waals surface area contributed by atoms with Gasteiger partial charge in [0.05, 0.1) is 23.0 Å². The number of nitrogens with zero attached hydrogens (tertiary/aromatic N) is 1. The van der Waals surface area contributed by atoms with E-state index in [1.165, 1.54) is 24.4 Å². The highest BCUT2D eigenvalue weighted by molar-refractivity contribution is 9.10. The van der Waals surface area contributed by atoms with Crippen molar-refractivity contribution in [1.29, 1.82) is 0 Å². The molecule has 188 valence electrons. The predicted octanol–water partition coefficient (Wildman–Crippen LogP) is 6.35. The molecule has 0 spiro atoms. The molecule has 0 unspecified atom stereocenters. The summed E-state index contributed by atoms with van der Waals surface area (Å²) in [6.45, 7) is 2.41. The molecule has 0 aromatic heterocycles. The number of hydrogen-bond acceptors (Lipinski definition) is 5. The molecule has 0 saturated heterocycles. The lowest BCUT2D eigenvalue weighted by Crippen LogP contribution is -2.24. The van der Waals surface area contributed by atoms with Crippen molar-refractivity contribution in [3.63, 3.8) is 0 Å². The van der Waals surface area contributed by atoms with E-state index in [9.17, 15) is 14.0 Å². The van der Waals surface area contributed by atoms with Crippen molar-refractivity contribution in [2.24, 2.45) is 5.10 Å². The Morgan fingerprint density at radius 2 is 1.86 bits per heavy atom. The van der Waals surface area contributed by atoms with E-state index in [1.807, 2.05) is 6.92 Å². The topological polar surface area (TPSA) is 89.0 Å². The fourth-order valence-electron chi connectivity index (χ4n) is 2.98. The zero-order chi connectivity index (χ0) is 26.1. The average molecular weight is 597 g/mol. The summed E-state index contributed by atoms with van der Waals surface area (Å²) in [4.78, 5) is 24.0. The lowest BCUT2D eigenvalue weighted by molar-refractivity contribution is -0.126. The molecule has 7 nitrogen and oxygen atoms in total. The Bertz CT molecular complexity index is 1290. The number of nitrogens with one attached hydrogen (secondary N) is 2. The first kappa shape index (κ1) is 27.4. The Hall–Kier alpha value is -3.14. The van der Waals surface area contributed by atoms with Gasteiger partial charge in [-0.15, -0.1) is 0 Å². The fourth-order valence-corrected chi connectivity index (χ4v) is 4.01. The SMILES string of the molecule is CCOc1cc(C=NNC(=O)CC(=O)Nc2ccccc2F)cc(Br)c1OCc1ccc(Cl)cc1Cl. The highest BCUT2D eigenvalue weighted by Crippen LogP contribution is 2.37. The molecule has 0 fully saturated rings. The monoisotopic (exact) mass is 595 g/mol. The standard InChI is InChI=1S/C25H21BrCl2FN3O4/c1-2-35-22-10-15(9-18(26)25(22)36-14-16-7-8-17(27)11-19(16)28)13-30-32-24(34)12-23(33)31-21-6-4-3-5-20(21)29/h3-11,13H,2,12,14H2,1H3,(H,31,33)(H,32,34). The lowest BCUT2D eigenvalue weighted by Gasteiger charge is -2.15. The van der Waals surface area contributed by atoms with Crippen molar-refractivity contribution < 1.29 is 23.5 Å². The second kappa shape index (κ2) is 13.2. The van der Waals surface area contributed by atoms with Gasteiger partial charge in [0.25, 0.3) is 0 Å². The second-order valence-corrected chi connectivity index (χ2v) is 8.98. The Morgan fingerprint density at radius 1 is 1.08 bits per heavy atom. The van der Waals surface area contributed by atoms with Gasteiger partial charge in [-0.2, -0.15) is 5.10 Å². The van der Waals surface area contributed by atoms with Crippen molar-refractivity contribution >= 4 is 62.8 Å². The minimum atomic E-state index is -0.670. The third-order valence-electron chi connectivity index (χ3n) is 4.59. The Balaban J connectivity index is 1.62. The summed E-state index contributed by atoms with van der Waals surface area (Å²) < 4.78 is 25.9. The van der Waals surface area contributed by atoms with E-state index in [0.29, 0.717) is 38.2 Å². The van der Waals surface area contributed by atoms with Crippen LogP contribution in [-0.2, 0) is 16.2 Å².